The molecule has 1 rings (SSSR count). The van der Waals surface area contributed by atoms with Crippen molar-refractivity contribution in [3.05, 3.63) is 34.3 Å². The molecule has 1 aromatic carbocycles. The summed E-state index contributed by atoms with van der Waals surface area (Å²) in [6.07, 6.45) is 0.825. The van der Waals surface area contributed by atoms with E-state index in [9.17, 15) is 4.79 Å². The molecule has 0 unspecified atom stereocenters. The summed E-state index contributed by atoms with van der Waals surface area (Å²) in [7, 11) is 0. The minimum absolute atomic E-state index is 0.311. The van der Waals surface area contributed by atoms with Crippen molar-refractivity contribution in [2.24, 2.45) is 0 Å². The van der Waals surface area contributed by atoms with Gasteiger partial charge in [-0.1, -0.05) is 24.6 Å². The van der Waals surface area contributed by atoms with Gasteiger partial charge in [-0.25, -0.2) is 4.79 Å². The third-order valence-electron chi connectivity index (χ3n) is 1.84. The molecule has 0 aliphatic carbocycles. The summed E-state index contributed by atoms with van der Waals surface area (Å²) in [5.74, 6) is -0.311. The SMILES string of the molecule is CCCOC(=O)c1ccc(C)c(Cl)c1. The van der Waals surface area contributed by atoms with Crippen molar-refractivity contribution in [2.45, 2.75) is 20.3 Å². The van der Waals surface area contributed by atoms with Gasteiger partial charge in [0.1, 0.15) is 0 Å². The van der Waals surface area contributed by atoms with Crippen molar-refractivity contribution in [3.63, 3.8) is 0 Å². The van der Waals surface area contributed by atoms with E-state index in [4.69, 9.17) is 16.3 Å². The number of esters is 1. The Morgan fingerprint density at radius 2 is 2.21 bits per heavy atom. The topological polar surface area (TPSA) is 26.3 Å². The average molecular weight is 213 g/mol. The van der Waals surface area contributed by atoms with Gasteiger partial charge in [-0.05, 0) is 31.0 Å². The Morgan fingerprint density at radius 3 is 2.79 bits per heavy atom. The summed E-state index contributed by atoms with van der Waals surface area (Å²) >= 11 is 5.88. The zero-order valence-electron chi connectivity index (χ0n) is 8.34. The van der Waals surface area contributed by atoms with Crippen LogP contribution in [0.1, 0.15) is 29.3 Å². The van der Waals surface area contributed by atoms with E-state index in [1.54, 1.807) is 12.1 Å². The van der Waals surface area contributed by atoms with Crippen molar-refractivity contribution in [2.75, 3.05) is 6.61 Å². The van der Waals surface area contributed by atoms with Gasteiger partial charge in [-0.2, -0.15) is 0 Å². The Balaban J connectivity index is 2.76. The molecule has 0 aliphatic rings. The first-order valence-corrected chi connectivity index (χ1v) is 4.96. The largest absolute Gasteiger partial charge is 0.462 e. The van der Waals surface area contributed by atoms with Crippen LogP contribution < -0.4 is 0 Å². The van der Waals surface area contributed by atoms with Gasteiger partial charge in [-0.15, -0.1) is 0 Å². The number of hydrogen-bond acceptors (Lipinski definition) is 2. The van der Waals surface area contributed by atoms with Gasteiger partial charge in [-0.3, -0.25) is 0 Å². The van der Waals surface area contributed by atoms with Gasteiger partial charge in [0.2, 0.25) is 0 Å². The molecule has 1 aromatic rings. The van der Waals surface area contributed by atoms with E-state index in [1.165, 1.54) is 0 Å². The Hall–Kier alpha value is -1.02. The van der Waals surface area contributed by atoms with Crippen LogP contribution in [0.25, 0.3) is 0 Å². The Bertz CT molecular complexity index is 334. The fourth-order valence-electron chi connectivity index (χ4n) is 0.998. The first kappa shape index (κ1) is 11.1. The third-order valence-corrected chi connectivity index (χ3v) is 2.25. The molecule has 0 heterocycles. The van der Waals surface area contributed by atoms with Crippen LogP contribution in [-0.2, 0) is 4.74 Å². The molecule has 0 amide bonds. The summed E-state index contributed by atoms with van der Waals surface area (Å²) in [6.45, 7) is 4.29. The highest BCUT2D eigenvalue weighted by atomic mass is 35.5. The molecule has 2 nitrogen and oxygen atoms in total. The van der Waals surface area contributed by atoms with E-state index >= 15 is 0 Å². The predicted octanol–water partition coefficient (Wildman–Crippen LogP) is 3.22. The van der Waals surface area contributed by atoms with Crippen LogP contribution in [0.5, 0.6) is 0 Å². The fourth-order valence-corrected chi connectivity index (χ4v) is 1.18. The van der Waals surface area contributed by atoms with Crippen LogP contribution in [0.3, 0.4) is 0 Å². The molecule has 0 radical (unpaired) electrons. The molecule has 0 aromatic heterocycles. The molecule has 0 aliphatic heterocycles. The second-order valence-electron chi connectivity index (χ2n) is 3.10. The quantitative estimate of drug-likeness (QED) is 0.720. The van der Waals surface area contributed by atoms with Crippen LogP contribution in [0.4, 0.5) is 0 Å². The van der Waals surface area contributed by atoms with Gasteiger partial charge in [0, 0.05) is 5.02 Å². The minimum Gasteiger partial charge on any atom is -0.462 e. The molecule has 14 heavy (non-hydrogen) atoms. The smallest absolute Gasteiger partial charge is 0.338 e. The summed E-state index contributed by atoms with van der Waals surface area (Å²) in [5.41, 5.74) is 1.47. The van der Waals surface area contributed by atoms with E-state index < -0.39 is 0 Å². The molecule has 0 N–H and O–H groups in total. The van der Waals surface area contributed by atoms with Crippen LogP contribution in [0, 0.1) is 6.92 Å². The van der Waals surface area contributed by atoms with Crippen molar-refractivity contribution in [3.8, 4) is 0 Å². The van der Waals surface area contributed by atoms with Gasteiger partial charge >= 0.3 is 5.97 Å². The summed E-state index contributed by atoms with van der Waals surface area (Å²) < 4.78 is 4.97. The number of benzene rings is 1. The molecule has 76 valence electrons. The molecule has 0 saturated carbocycles. The van der Waals surface area contributed by atoms with Crippen molar-refractivity contribution in [1.29, 1.82) is 0 Å². The Morgan fingerprint density at radius 1 is 1.50 bits per heavy atom. The van der Waals surface area contributed by atoms with Gasteiger partial charge in [0.05, 0.1) is 12.2 Å². The Kier molecular flexibility index (Phi) is 3.96. The number of aryl methyl sites for hydroxylation is 1. The lowest BCUT2D eigenvalue weighted by Crippen LogP contribution is -2.05. The van der Waals surface area contributed by atoms with E-state index in [1.807, 2.05) is 19.9 Å². The number of carbonyl (C=O) groups is 1. The van der Waals surface area contributed by atoms with Crippen LogP contribution in [0.2, 0.25) is 5.02 Å². The molecular weight excluding hydrogens is 200 g/mol. The normalized spacial score (nSPS) is 9.93. The Labute approximate surface area is 88.8 Å². The zero-order valence-corrected chi connectivity index (χ0v) is 9.10. The number of halogens is 1. The maximum absolute atomic E-state index is 11.4. The van der Waals surface area contributed by atoms with Crippen LogP contribution in [-0.4, -0.2) is 12.6 Å². The standard InChI is InChI=1S/C11H13ClO2/c1-3-6-14-11(13)9-5-4-8(2)10(12)7-9/h4-5,7H,3,6H2,1-2H3. The molecular formula is C11H13ClO2. The van der Waals surface area contributed by atoms with Gasteiger partial charge < -0.3 is 4.74 Å². The molecule has 0 atom stereocenters. The monoisotopic (exact) mass is 212 g/mol. The zero-order chi connectivity index (χ0) is 10.6. The third kappa shape index (κ3) is 2.74. The van der Waals surface area contributed by atoms with E-state index in [2.05, 4.69) is 0 Å². The van der Waals surface area contributed by atoms with Gasteiger partial charge in [0.25, 0.3) is 0 Å². The predicted molar refractivity (Wildman–Crippen MR) is 56.8 cm³/mol. The number of carbonyl (C=O) groups excluding carboxylic acids is 1. The second kappa shape index (κ2) is 5.01. The fraction of sp³-hybridized carbons (Fsp3) is 0.364. The second-order valence-corrected chi connectivity index (χ2v) is 3.51. The number of hydrogen-bond donors (Lipinski definition) is 0. The minimum atomic E-state index is -0.311. The molecule has 0 spiro atoms. The highest BCUT2D eigenvalue weighted by molar-refractivity contribution is 6.31. The molecule has 0 saturated heterocycles. The lowest BCUT2D eigenvalue weighted by molar-refractivity contribution is 0.0505. The van der Waals surface area contributed by atoms with Crippen LogP contribution >= 0.6 is 11.6 Å². The van der Waals surface area contributed by atoms with E-state index in [0.717, 1.165) is 12.0 Å². The average Bonchev–Trinajstić information content (AvgIpc) is 2.18. The molecule has 0 bridgehead atoms. The van der Waals surface area contributed by atoms with E-state index in [-0.39, 0.29) is 5.97 Å². The van der Waals surface area contributed by atoms with E-state index in [0.29, 0.717) is 17.2 Å². The number of rotatable bonds is 3. The maximum Gasteiger partial charge on any atom is 0.338 e. The first-order chi connectivity index (χ1) is 6.65. The lowest BCUT2D eigenvalue weighted by Gasteiger charge is -2.04. The summed E-state index contributed by atoms with van der Waals surface area (Å²) in [4.78, 5) is 11.4. The maximum atomic E-state index is 11.4. The highest BCUT2D eigenvalue weighted by Crippen LogP contribution is 2.17. The molecule has 0 fully saturated rings. The summed E-state index contributed by atoms with van der Waals surface area (Å²) in [6, 6.07) is 5.17. The van der Waals surface area contributed by atoms with Crippen molar-refractivity contribution < 1.29 is 9.53 Å². The summed E-state index contributed by atoms with van der Waals surface area (Å²) in [5, 5.41) is 0.593. The van der Waals surface area contributed by atoms with Crippen LogP contribution in [0.15, 0.2) is 18.2 Å². The highest BCUT2D eigenvalue weighted by Gasteiger charge is 2.07. The van der Waals surface area contributed by atoms with Crippen molar-refractivity contribution >= 4 is 17.6 Å². The van der Waals surface area contributed by atoms with Crippen molar-refractivity contribution in [1.82, 2.24) is 0 Å². The first-order valence-electron chi connectivity index (χ1n) is 4.58. The number of ether oxygens (including phenoxy) is 1. The molecule has 3 heteroatoms. The van der Waals surface area contributed by atoms with Gasteiger partial charge in [0.15, 0.2) is 0 Å². The lowest BCUT2D eigenvalue weighted by atomic mass is 10.1.